The van der Waals surface area contributed by atoms with Crippen molar-refractivity contribution in [1.82, 2.24) is 0 Å². The number of allylic oxidation sites excluding steroid dienone is 4. The molecule has 0 unspecified atom stereocenters. The van der Waals surface area contributed by atoms with Gasteiger partial charge in [0.1, 0.15) is 0 Å². The van der Waals surface area contributed by atoms with Gasteiger partial charge in [0, 0.05) is 11.5 Å². The molecule has 0 heterocycles. The zero-order valence-corrected chi connectivity index (χ0v) is 11.2. The average molecular weight is 244 g/mol. The second kappa shape index (κ2) is 8.89. The summed E-state index contributed by atoms with van der Waals surface area (Å²) < 4.78 is 0. The van der Waals surface area contributed by atoms with Crippen LogP contribution in [0.4, 0.5) is 0 Å². The molecule has 0 bridgehead atoms. The van der Waals surface area contributed by atoms with Gasteiger partial charge in [0.2, 0.25) is 0 Å². The summed E-state index contributed by atoms with van der Waals surface area (Å²) in [6.07, 6.45) is 11.1. The van der Waals surface area contributed by atoms with Crippen LogP contribution in [-0.2, 0) is 12.2 Å². The van der Waals surface area contributed by atoms with Crippen LogP contribution >= 0.6 is 11.8 Å². The summed E-state index contributed by atoms with van der Waals surface area (Å²) in [7, 11) is 0. The van der Waals surface area contributed by atoms with Crippen LogP contribution in [0.3, 0.4) is 0 Å². The molecule has 0 spiro atoms. The van der Waals surface area contributed by atoms with E-state index >= 15 is 0 Å². The predicted octanol–water partition coefficient (Wildman–Crippen LogP) is 4.78. The van der Waals surface area contributed by atoms with Crippen molar-refractivity contribution in [2.24, 2.45) is 0 Å². The third kappa shape index (κ3) is 6.18. The van der Waals surface area contributed by atoms with Crippen LogP contribution in [-0.4, -0.2) is 5.75 Å². The Bertz CT molecular complexity index is 371. The first-order valence-corrected chi connectivity index (χ1v) is 7.12. The molecule has 17 heavy (non-hydrogen) atoms. The van der Waals surface area contributed by atoms with E-state index in [0.29, 0.717) is 0 Å². The third-order valence-electron chi connectivity index (χ3n) is 2.41. The molecule has 0 aliphatic heterocycles. The molecule has 0 saturated carbocycles. The standard InChI is InChI=1S/C16H20S/c1-3-5-6-7-8-13-17-14-16-11-9-15(4-2)10-12-16/h3,5-12H,1,4,13-14H2,2H3/b6-5-,8-7-. The SMILES string of the molecule is C=C/C=C\C=C/CSCc1ccc(CC)cc1. The molecule has 0 radical (unpaired) electrons. The second-order valence-electron chi connectivity index (χ2n) is 3.73. The molecule has 1 aromatic carbocycles. The molecule has 0 N–H and O–H groups in total. The molecule has 1 heteroatoms. The summed E-state index contributed by atoms with van der Waals surface area (Å²) in [5.74, 6) is 2.14. The van der Waals surface area contributed by atoms with Crippen molar-refractivity contribution in [3.8, 4) is 0 Å². The van der Waals surface area contributed by atoms with E-state index in [1.54, 1.807) is 6.08 Å². The van der Waals surface area contributed by atoms with E-state index < -0.39 is 0 Å². The van der Waals surface area contributed by atoms with E-state index in [1.807, 2.05) is 23.9 Å². The molecule has 0 fully saturated rings. The molecule has 0 saturated heterocycles. The van der Waals surface area contributed by atoms with Crippen LogP contribution in [0.25, 0.3) is 0 Å². The highest BCUT2D eigenvalue weighted by Gasteiger charge is 1.92. The van der Waals surface area contributed by atoms with E-state index in [9.17, 15) is 0 Å². The lowest BCUT2D eigenvalue weighted by Gasteiger charge is -2.01. The molecule has 1 rings (SSSR count). The number of hydrogen-bond donors (Lipinski definition) is 0. The summed E-state index contributed by atoms with van der Waals surface area (Å²) >= 11 is 1.93. The topological polar surface area (TPSA) is 0 Å². The molecule has 0 atom stereocenters. The molecule has 90 valence electrons. The van der Waals surface area contributed by atoms with Crippen LogP contribution < -0.4 is 0 Å². The van der Waals surface area contributed by atoms with E-state index in [0.717, 1.165) is 17.9 Å². The van der Waals surface area contributed by atoms with Crippen molar-refractivity contribution in [2.75, 3.05) is 5.75 Å². The van der Waals surface area contributed by atoms with E-state index in [-0.39, 0.29) is 0 Å². The Balaban J connectivity index is 2.23. The van der Waals surface area contributed by atoms with Crippen LogP contribution in [0.1, 0.15) is 18.1 Å². The predicted molar refractivity (Wildman–Crippen MR) is 80.5 cm³/mol. The fourth-order valence-corrected chi connectivity index (χ4v) is 2.19. The summed E-state index contributed by atoms with van der Waals surface area (Å²) in [6, 6.07) is 8.90. The van der Waals surface area contributed by atoms with Crippen LogP contribution in [0, 0.1) is 0 Å². The van der Waals surface area contributed by atoms with Crippen molar-refractivity contribution >= 4 is 11.8 Å². The Morgan fingerprint density at radius 1 is 1.06 bits per heavy atom. The highest BCUT2D eigenvalue weighted by atomic mass is 32.2. The molecule has 0 aliphatic carbocycles. The lowest BCUT2D eigenvalue weighted by atomic mass is 10.1. The Hall–Kier alpha value is -1.21. The number of aryl methyl sites for hydroxylation is 1. The van der Waals surface area contributed by atoms with Gasteiger partial charge in [-0.05, 0) is 17.5 Å². The summed E-state index contributed by atoms with van der Waals surface area (Å²) in [6.45, 7) is 5.81. The molecule has 0 amide bonds. The maximum atomic E-state index is 3.62. The van der Waals surface area contributed by atoms with Gasteiger partial charge in [-0.15, -0.1) is 0 Å². The monoisotopic (exact) mass is 244 g/mol. The van der Waals surface area contributed by atoms with Gasteiger partial charge in [-0.1, -0.05) is 68.1 Å². The van der Waals surface area contributed by atoms with Gasteiger partial charge in [0.25, 0.3) is 0 Å². The van der Waals surface area contributed by atoms with Gasteiger partial charge >= 0.3 is 0 Å². The van der Waals surface area contributed by atoms with Crippen molar-refractivity contribution in [1.29, 1.82) is 0 Å². The van der Waals surface area contributed by atoms with Crippen LogP contribution in [0.5, 0.6) is 0 Å². The van der Waals surface area contributed by atoms with Crippen LogP contribution in [0.15, 0.2) is 61.2 Å². The number of benzene rings is 1. The van der Waals surface area contributed by atoms with E-state index in [4.69, 9.17) is 0 Å². The highest BCUT2D eigenvalue weighted by Crippen LogP contribution is 2.13. The Morgan fingerprint density at radius 3 is 2.41 bits per heavy atom. The maximum absolute atomic E-state index is 3.62. The number of thioether (sulfide) groups is 1. The minimum Gasteiger partial charge on any atom is -0.153 e. The first kappa shape index (κ1) is 13.9. The van der Waals surface area contributed by atoms with Crippen molar-refractivity contribution in [3.05, 3.63) is 72.4 Å². The average Bonchev–Trinajstić information content (AvgIpc) is 2.38. The van der Waals surface area contributed by atoms with Gasteiger partial charge in [-0.25, -0.2) is 0 Å². The molecule has 0 aliphatic rings. The first-order chi connectivity index (χ1) is 8.36. The fourth-order valence-electron chi connectivity index (χ4n) is 1.39. The Labute approximate surface area is 109 Å². The van der Waals surface area contributed by atoms with Gasteiger partial charge in [0.05, 0.1) is 0 Å². The minimum atomic E-state index is 1.05. The number of hydrogen-bond acceptors (Lipinski definition) is 1. The molecule has 0 aromatic heterocycles. The zero-order chi connectivity index (χ0) is 12.3. The first-order valence-electron chi connectivity index (χ1n) is 5.96. The maximum Gasteiger partial charge on any atom is 0.0187 e. The van der Waals surface area contributed by atoms with Crippen molar-refractivity contribution in [2.45, 2.75) is 19.1 Å². The smallest absolute Gasteiger partial charge is 0.0187 e. The van der Waals surface area contributed by atoms with Gasteiger partial charge in [-0.3, -0.25) is 0 Å². The quantitative estimate of drug-likeness (QED) is 0.491. The van der Waals surface area contributed by atoms with E-state index in [1.165, 1.54) is 11.1 Å². The molecular weight excluding hydrogens is 224 g/mol. The van der Waals surface area contributed by atoms with Gasteiger partial charge in [0.15, 0.2) is 0 Å². The van der Waals surface area contributed by atoms with Crippen molar-refractivity contribution < 1.29 is 0 Å². The molecule has 1 aromatic rings. The number of rotatable bonds is 7. The lowest BCUT2D eigenvalue weighted by Crippen LogP contribution is -1.84. The van der Waals surface area contributed by atoms with Crippen molar-refractivity contribution in [3.63, 3.8) is 0 Å². The largest absolute Gasteiger partial charge is 0.153 e. The zero-order valence-electron chi connectivity index (χ0n) is 10.4. The summed E-state index contributed by atoms with van der Waals surface area (Å²) in [4.78, 5) is 0. The minimum absolute atomic E-state index is 1.05. The molecular formula is C16H20S. The second-order valence-corrected chi connectivity index (χ2v) is 4.76. The summed E-state index contributed by atoms with van der Waals surface area (Å²) in [5, 5.41) is 0. The fraction of sp³-hybridized carbons (Fsp3) is 0.250. The van der Waals surface area contributed by atoms with Crippen LogP contribution in [0.2, 0.25) is 0 Å². The summed E-state index contributed by atoms with van der Waals surface area (Å²) in [5.41, 5.74) is 2.82. The Morgan fingerprint density at radius 2 is 1.76 bits per heavy atom. The highest BCUT2D eigenvalue weighted by molar-refractivity contribution is 7.98. The molecule has 0 nitrogen and oxygen atoms in total. The lowest BCUT2D eigenvalue weighted by molar-refractivity contribution is 1.13. The normalized spacial score (nSPS) is 11.4. The van der Waals surface area contributed by atoms with E-state index in [2.05, 4.69) is 49.9 Å². The van der Waals surface area contributed by atoms with Gasteiger partial charge < -0.3 is 0 Å². The Kier molecular flexibility index (Phi) is 7.24. The third-order valence-corrected chi connectivity index (χ3v) is 3.37. The van der Waals surface area contributed by atoms with Gasteiger partial charge in [-0.2, -0.15) is 11.8 Å².